The summed E-state index contributed by atoms with van der Waals surface area (Å²) in [5.74, 6) is -0.772. The number of aryl methyl sites for hydroxylation is 1. The molecule has 0 aliphatic heterocycles. The maximum atomic E-state index is 13.9. The lowest BCUT2D eigenvalue weighted by molar-refractivity contribution is -0.140. The lowest BCUT2D eigenvalue weighted by atomic mass is 9.95. The highest BCUT2D eigenvalue weighted by molar-refractivity contribution is 7.92. The molecule has 0 heterocycles. The summed E-state index contributed by atoms with van der Waals surface area (Å²) in [7, 11) is -3.96. The third-order valence-corrected chi connectivity index (χ3v) is 9.03. The van der Waals surface area contributed by atoms with Crippen LogP contribution in [-0.2, 0) is 26.2 Å². The maximum absolute atomic E-state index is 13.9. The third-order valence-electron chi connectivity index (χ3n) is 6.88. The van der Waals surface area contributed by atoms with Gasteiger partial charge in [-0.15, -0.1) is 0 Å². The first kappa shape index (κ1) is 30.5. The van der Waals surface area contributed by atoms with E-state index in [0.717, 1.165) is 53.8 Å². The van der Waals surface area contributed by atoms with E-state index in [-0.39, 0.29) is 39.2 Å². The zero-order valence-corrected chi connectivity index (χ0v) is 24.9. The number of amides is 2. The largest absolute Gasteiger partial charge is 0.352 e. The quantitative estimate of drug-likeness (QED) is 0.339. The molecule has 0 unspecified atom stereocenters. The Morgan fingerprint density at radius 1 is 1.03 bits per heavy atom. The predicted octanol–water partition coefficient (Wildman–Crippen LogP) is 5.98. The molecule has 0 saturated heterocycles. The summed E-state index contributed by atoms with van der Waals surface area (Å²) in [4.78, 5) is 28.8. The van der Waals surface area contributed by atoms with Gasteiger partial charge in [0.2, 0.25) is 21.8 Å². The number of sulfonamides is 1. The Balaban J connectivity index is 1.97. The minimum absolute atomic E-state index is 0.0326. The summed E-state index contributed by atoms with van der Waals surface area (Å²) in [5.41, 5.74) is 1.86. The maximum Gasteiger partial charge on any atom is 0.244 e. The van der Waals surface area contributed by atoms with Crippen molar-refractivity contribution in [2.75, 3.05) is 17.1 Å². The lowest BCUT2D eigenvalue weighted by Gasteiger charge is -2.34. The van der Waals surface area contributed by atoms with Crippen molar-refractivity contribution in [3.63, 3.8) is 0 Å². The summed E-state index contributed by atoms with van der Waals surface area (Å²) < 4.78 is 26.6. The van der Waals surface area contributed by atoms with Crippen LogP contribution in [0.1, 0.15) is 56.6 Å². The minimum Gasteiger partial charge on any atom is -0.352 e. The average molecular weight is 603 g/mol. The second-order valence-electron chi connectivity index (χ2n) is 9.70. The van der Waals surface area contributed by atoms with Crippen molar-refractivity contribution >= 4 is 62.3 Å². The van der Waals surface area contributed by atoms with Crippen LogP contribution in [0.4, 0.5) is 5.69 Å². The minimum atomic E-state index is -3.96. The first-order chi connectivity index (χ1) is 17.9. The fraction of sp³-hybridized carbons (Fsp3) is 0.481. The smallest absolute Gasteiger partial charge is 0.244 e. The van der Waals surface area contributed by atoms with Gasteiger partial charge in [0.15, 0.2) is 0 Å². The molecule has 1 aliphatic rings. The van der Waals surface area contributed by atoms with Crippen molar-refractivity contribution in [3.05, 3.63) is 62.6 Å². The summed E-state index contributed by atoms with van der Waals surface area (Å²) in [6.45, 7) is 3.36. The van der Waals surface area contributed by atoms with Crippen molar-refractivity contribution in [1.29, 1.82) is 0 Å². The topological polar surface area (TPSA) is 86.8 Å². The van der Waals surface area contributed by atoms with Crippen LogP contribution in [0, 0.1) is 6.92 Å². The molecule has 0 bridgehead atoms. The molecule has 0 radical (unpaired) electrons. The molecule has 3 rings (SSSR count). The molecule has 1 fully saturated rings. The zero-order chi connectivity index (χ0) is 28.0. The second-order valence-corrected chi connectivity index (χ2v) is 12.8. The van der Waals surface area contributed by atoms with Gasteiger partial charge < -0.3 is 10.2 Å². The highest BCUT2D eigenvalue weighted by atomic mass is 35.5. The van der Waals surface area contributed by atoms with E-state index in [1.54, 1.807) is 0 Å². The molecule has 2 aromatic carbocycles. The van der Waals surface area contributed by atoms with Gasteiger partial charge in [-0.3, -0.25) is 13.9 Å². The highest BCUT2D eigenvalue weighted by Gasteiger charge is 2.33. The van der Waals surface area contributed by atoms with E-state index in [9.17, 15) is 18.0 Å². The van der Waals surface area contributed by atoms with Crippen LogP contribution in [0.5, 0.6) is 0 Å². The fourth-order valence-electron chi connectivity index (χ4n) is 4.73. The summed E-state index contributed by atoms with van der Waals surface area (Å²) >= 11 is 18.5. The zero-order valence-electron chi connectivity index (χ0n) is 21.8. The fourth-order valence-corrected chi connectivity index (χ4v) is 6.28. The van der Waals surface area contributed by atoms with Gasteiger partial charge in [0, 0.05) is 12.6 Å². The third kappa shape index (κ3) is 7.78. The molecule has 1 N–H and O–H groups in total. The number of carbonyl (C=O) groups is 2. The van der Waals surface area contributed by atoms with E-state index in [4.69, 9.17) is 34.8 Å². The first-order valence-corrected chi connectivity index (χ1v) is 15.7. The van der Waals surface area contributed by atoms with E-state index >= 15 is 0 Å². The van der Waals surface area contributed by atoms with E-state index < -0.39 is 28.5 Å². The predicted molar refractivity (Wildman–Crippen MR) is 154 cm³/mol. The van der Waals surface area contributed by atoms with Gasteiger partial charge in [-0.1, -0.05) is 85.3 Å². The molecular weight excluding hydrogens is 569 g/mol. The summed E-state index contributed by atoms with van der Waals surface area (Å²) in [6.07, 6.45) is 6.43. The van der Waals surface area contributed by atoms with Crippen LogP contribution in [0.3, 0.4) is 0 Å². The van der Waals surface area contributed by atoms with Gasteiger partial charge in [-0.05, 0) is 49.4 Å². The second kappa shape index (κ2) is 13.4. The molecule has 1 saturated carbocycles. The number of hydrogen-bond donors (Lipinski definition) is 1. The lowest BCUT2D eigenvalue weighted by Crippen LogP contribution is -2.54. The summed E-state index contributed by atoms with van der Waals surface area (Å²) in [5, 5.41) is 3.42. The SMILES string of the molecule is CC[C@H](C(=O)NC1CCCCC1)N(Cc1ccccc1C)C(=O)CN(c1cc(Cl)c(Cl)cc1Cl)S(C)(=O)=O. The van der Waals surface area contributed by atoms with E-state index in [1.165, 1.54) is 17.0 Å². The number of halogens is 3. The van der Waals surface area contributed by atoms with E-state index in [2.05, 4.69) is 5.32 Å². The number of hydrogen-bond acceptors (Lipinski definition) is 4. The Hall–Kier alpha value is -2.00. The molecule has 2 aromatic rings. The Kier molecular flexibility index (Phi) is 10.7. The van der Waals surface area contributed by atoms with Crippen LogP contribution in [0.15, 0.2) is 36.4 Å². The molecular formula is C27H34Cl3N3O4S. The first-order valence-electron chi connectivity index (χ1n) is 12.7. The Morgan fingerprint density at radius 3 is 2.26 bits per heavy atom. The van der Waals surface area contributed by atoms with Gasteiger partial charge >= 0.3 is 0 Å². The number of anilines is 1. The van der Waals surface area contributed by atoms with Crippen molar-refractivity contribution in [2.45, 2.75) is 71.0 Å². The standard InChI is InChI=1S/C27H34Cl3N3O4S/c1-4-24(27(35)31-20-12-6-5-7-13-20)32(16-19-11-9-8-10-18(19)2)26(34)17-33(38(3,36)37)25-15-22(29)21(28)14-23(25)30/h8-11,14-15,20,24H,4-7,12-13,16-17H2,1-3H3,(H,31,35)/t24-/m1/s1. The Bertz CT molecular complexity index is 1270. The number of carbonyl (C=O) groups excluding carboxylic acids is 2. The Labute approximate surface area is 240 Å². The van der Waals surface area contributed by atoms with Gasteiger partial charge in [-0.2, -0.15) is 0 Å². The van der Waals surface area contributed by atoms with Gasteiger partial charge in [-0.25, -0.2) is 8.42 Å². The highest BCUT2D eigenvalue weighted by Crippen LogP contribution is 2.35. The summed E-state index contributed by atoms with van der Waals surface area (Å²) in [6, 6.07) is 9.53. The van der Waals surface area contributed by atoms with Crippen LogP contribution in [0.2, 0.25) is 15.1 Å². The molecule has 1 atom stereocenters. The normalized spacial score (nSPS) is 15.1. The van der Waals surface area contributed by atoms with Crippen molar-refractivity contribution in [1.82, 2.24) is 10.2 Å². The molecule has 38 heavy (non-hydrogen) atoms. The molecule has 2 amide bonds. The van der Waals surface area contributed by atoms with Gasteiger partial charge in [0.1, 0.15) is 12.6 Å². The van der Waals surface area contributed by atoms with Crippen LogP contribution in [0.25, 0.3) is 0 Å². The monoisotopic (exact) mass is 601 g/mol. The van der Waals surface area contributed by atoms with Crippen molar-refractivity contribution in [2.24, 2.45) is 0 Å². The van der Waals surface area contributed by atoms with Gasteiger partial charge in [0.05, 0.1) is 27.0 Å². The average Bonchev–Trinajstić information content (AvgIpc) is 2.86. The molecule has 7 nitrogen and oxygen atoms in total. The van der Waals surface area contributed by atoms with E-state index in [0.29, 0.717) is 6.42 Å². The number of nitrogens with one attached hydrogen (secondary N) is 1. The van der Waals surface area contributed by atoms with Crippen LogP contribution >= 0.6 is 34.8 Å². The molecule has 11 heteroatoms. The molecule has 208 valence electrons. The van der Waals surface area contributed by atoms with Crippen LogP contribution in [-0.4, -0.2) is 50.0 Å². The molecule has 0 aromatic heterocycles. The van der Waals surface area contributed by atoms with Crippen molar-refractivity contribution < 1.29 is 18.0 Å². The molecule has 0 spiro atoms. The molecule has 1 aliphatic carbocycles. The van der Waals surface area contributed by atoms with Gasteiger partial charge in [0.25, 0.3) is 0 Å². The number of rotatable bonds is 10. The van der Waals surface area contributed by atoms with Crippen molar-refractivity contribution in [3.8, 4) is 0 Å². The van der Waals surface area contributed by atoms with E-state index in [1.807, 2.05) is 38.1 Å². The Morgan fingerprint density at radius 2 is 1.66 bits per heavy atom. The number of benzene rings is 2. The number of nitrogens with zero attached hydrogens (tertiary/aromatic N) is 2. The van der Waals surface area contributed by atoms with Crippen LogP contribution < -0.4 is 9.62 Å².